The number of benzene rings is 1. The summed E-state index contributed by atoms with van der Waals surface area (Å²) in [6.07, 6.45) is 1.86. The molecule has 1 N–H and O–H groups in total. The first-order chi connectivity index (χ1) is 10.8. The molecule has 1 aromatic heterocycles. The second-order valence-electron chi connectivity index (χ2n) is 5.35. The fraction of sp³-hybridized carbons (Fsp3) is 0.267. The minimum atomic E-state index is -1.37. The average molecular weight is 363 g/mol. The number of aromatic nitrogens is 2. The van der Waals surface area contributed by atoms with Gasteiger partial charge in [-0.15, -0.1) is 0 Å². The molecule has 0 fully saturated rings. The molecule has 0 radical (unpaired) electrons. The Balaban J connectivity index is 0.00000208. The van der Waals surface area contributed by atoms with E-state index in [1.165, 1.54) is 11.6 Å². The van der Waals surface area contributed by atoms with E-state index >= 15 is 0 Å². The van der Waals surface area contributed by atoms with Gasteiger partial charge in [-0.2, -0.15) is 0 Å². The maximum atomic E-state index is 14.2. The molecule has 122 valence electrons. The van der Waals surface area contributed by atoms with Crippen molar-refractivity contribution in [1.29, 1.82) is 0 Å². The van der Waals surface area contributed by atoms with E-state index in [0.717, 1.165) is 18.6 Å². The third-order valence-electron chi connectivity index (χ3n) is 4.04. The summed E-state index contributed by atoms with van der Waals surface area (Å²) in [6.45, 7) is 0. The summed E-state index contributed by atoms with van der Waals surface area (Å²) in [7, 11) is 1.51. The van der Waals surface area contributed by atoms with Crippen LogP contribution >= 0.6 is 11.6 Å². The van der Waals surface area contributed by atoms with Crippen LogP contribution in [0.2, 0.25) is 5.02 Å². The van der Waals surface area contributed by atoms with E-state index in [9.17, 15) is 18.8 Å². The van der Waals surface area contributed by atoms with Crippen molar-refractivity contribution in [3.05, 3.63) is 60.6 Å². The molecule has 2 aromatic rings. The first-order valence-electron chi connectivity index (χ1n) is 6.89. The number of carboxylic acid groups (broad SMARTS) is 1. The van der Waals surface area contributed by atoms with E-state index in [1.54, 1.807) is 0 Å². The zero-order valence-corrected chi connectivity index (χ0v) is 12.9. The van der Waals surface area contributed by atoms with Crippen LogP contribution in [0.1, 0.15) is 28.0 Å². The number of fused-ring (bicyclic) bond motifs is 1. The Morgan fingerprint density at radius 1 is 1.29 bits per heavy atom. The molecular weight excluding hydrogens is 350 g/mol. The molecule has 0 unspecified atom stereocenters. The normalized spacial score (nSPS) is 12.6. The monoisotopic (exact) mass is 362 g/mol. The number of rotatable bonds is 2. The summed E-state index contributed by atoms with van der Waals surface area (Å²) in [4.78, 5) is 36.2. The van der Waals surface area contributed by atoms with Gasteiger partial charge in [0.05, 0.1) is 16.3 Å². The molecule has 0 amide bonds. The minimum absolute atomic E-state index is 0. The third kappa shape index (κ3) is 2.86. The Hall–Kier alpha value is -1.41. The van der Waals surface area contributed by atoms with Crippen molar-refractivity contribution < 1.29 is 14.3 Å². The van der Waals surface area contributed by atoms with Crippen LogP contribution in [-0.4, -0.2) is 49.8 Å². The van der Waals surface area contributed by atoms with Crippen LogP contribution in [0.5, 0.6) is 0 Å². The quantitative estimate of drug-likeness (QED) is 0.804. The molecule has 0 spiro atoms. The Morgan fingerprint density at radius 2 is 1.96 bits per heavy atom. The molecule has 0 bridgehead atoms. The van der Waals surface area contributed by atoms with Crippen LogP contribution < -0.4 is 11.2 Å². The predicted octanol–water partition coefficient (Wildman–Crippen LogP) is 0.867. The van der Waals surface area contributed by atoms with Crippen LogP contribution in [0.3, 0.4) is 0 Å². The molecule has 0 saturated heterocycles. The molecular formula is C15H13ClFN2NaO4. The number of carbonyl (C=O) groups is 1. The molecule has 1 aliphatic carbocycles. The summed E-state index contributed by atoms with van der Waals surface area (Å²) in [5.41, 5.74) is -1.02. The standard InChI is InChI=1S/C15H12ClFN2O4.Na.H/c1-18-11-4-2-3-7(11)13(20)19(15(18)23)12-5-8(14(21)22)9(16)6-10(12)17;;/h5-6H,2-4H2,1H3,(H,21,22);;. The summed E-state index contributed by atoms with van der Waals surface area (Å²) in [6, 6.07) is 1.70. The van der Waals surface area contributed by atoms with Gasteiger partial charge < -0.3 is 9.67 Å². The Labute approximate surface area is 162 Å². The van der Waals surface area contributed by atoms with Gasteiger partial charge in [0.1, 0.15) is 5.82 Å². The summed E-state index contributed by atoms with van der Waals surface area (Å²) in [5.74, 6) is -2.31. The van der Waals surface area contributed by atoms with Crippen LogP contribution in [-0.2, 0) is 19.9 Å². The first kappa shape index (κ1) is 18.9. The van der Waals surface area contributed by atoms with E-state index in [1.807, 2.05) is 0 Å². The van der Waals surface area contributed by atoms with E-state index in [0.29, 0.717) is 28.7 Å². The second kappa shape index (κ2) is 6.84. The first-order valence-corrected chi connectivity index (χ1v) is 7.27. The van der Waals surface area contributed by atoms with Crippen LogP contribution in [0.25, 0.3) is 5.69 Å². The third-order valence-corrected chi connectivity index (χ3v) is 4.35. The van der Waals surface area contributed by atoms with Gasteiger partial charge in [-0.05, 0) is 31.4 Å². The number of carboxylic acids is 1. The van der Waals surface area contributed by atoms with Crippen molar-refractivity contribution in [1.82, 2.24) is 9.13 Å². The molecule has 6 nitrogen and oxygen atoms in total. The summed E-state index contributed by atoms with van der Waals surface area (Å²) < 4.78 is 16.2. The Morgan fingerprint density at radius 3 is 2.58 bits per heavy atom. The predicted molar refractivity (Wildman–Crippen MR) is 88.4 cm³/mol. The van der Waals surface area contributed by atoms with Gasteiger partial charge in [0.15, 0.2) is 0 Å². The Kier molecular flexibility index (Phi) is 5.39. The summed E-state index contributed by atoms with van der Waals surface area (Å²) >= 11 is 5.70. The fourth-order valence-corrected chi connectivity index (χ4v) is 3.13. The van der Waals surface area contributed by atoms with E-state index < -0.39 is 28.7 Å². The van der Waals surface area contributed by atoms with Gasteiger partial charge in [-0.3, -0.25) is 4.79 Å². The second-order valence-corrected chi connectivity index (χ2v) is 5.76. The van der Waals surface area contributed by atoms with Gasteiger partial charge in [0.25, 0.3) is 5.56 Å². The fourth-order valence-electron chi connectivity index (χ4n) is 2.90. The number of halogens is 2. The number of hydrogen-bond acceptors (Lipinski definition) is 3. The summed E-state index contributed by atoms with van der Waals surface area (Å²) in [5, 5.41) is 8.80. The molecule has 0 saturated carbocycles. The van der Waals surface area contributed by atoms with Crippen molar-refractivity contribution in [2.24, 2.45) is 7.05 Å². The molecule has 9 heteroatoms. The van der Waals surface area contributed by atoms with E-state index in [4.69, 9.17) is 16.7 Å². The zero-order valence-electron chi connectivity index (χ0n) is 12.1. The van der Waals surface area contributed by atoms with Crippen molar-refractivity contribution in [2.75, 3.05) is 0 Å². The topological polar surface area (TPSA) is 81.3 Å². The maximum absolute atomic E-state index is 14.2. The number of hydrogen-bond donors (Lipinski definition) is 1. The molecule has 1 aromatic carbocycles. The molecule has 24 heavy (non-hydrogen) atoms. The van der Waals surface area contributed by atoms with Crippen molar-refractivity contribution in [3.8, 4) is 5.69 Å². The zero-order chi connectivity index (χ0) is 16.9. The van der Waals surface area contributed by atoms with Crippen LogP contribution in [0.15, 0.2) is 21.7 Å². The Bertz CT molecular complexity index is 967. The van der Waals surface area contributed by atoms with E-state index in [2.05, 4.69) is 0 Å². The SMILES string of the molecule is Cn1c2c(c(=O)n(-c3cc(C(=O)O)c(Cl)cc3F)c1=O)CCC2.[NaH]. The van der Waals surface area contributed by atoms with Crippen molar-refractivity contribution in [3.63, 3.8) is 0 Å². The number of aromatic carboxylic acids is 1. The van der Waals surface area contributed by atoms with Crippen molar-refractivity contribution in [2.45, 2.75) is 19.3 Å². The van der Waals surface area contributed by atoms with Gasteiger partial charge in [-0.25, -0.2) is 18.5 Å². The molecule has 1 aliphatic rings. The van der Waals surface area contributed by atoms with Gasteiger partial charge in [0.2, 0.25) is 0 Å². The van der Waals surface area contributed by atoms with Crippen LogP contribution in [0.4, 0.5) is 4.39 Å². The van der Waals surface area contributed by atoms with Gasteiger partial charge in [-0.1, -0.05) is 11.6 Å². The van der Waals surface area contributed by atoms with Gasteiger partial charge in [0, 0.05) is 18.3 Å². The van der Waals surface area contributed by atoms with Gasteiger partial charge >= 0.3 is 41.2 Å². The van der Waals surface area contributed by atoms with E-state index in [-0.39, 0.29) is 40.1 Å². The molecule has 1 heterocycles. The van der Waals surface area contributed by atoms with Crippen molar-refractivity contribution >= 4 is 47.1 Å². The molecule has 3 rings (SSSR count). The molecule has 0 aliphatic heterocycles. The van der Waals surface area contributed by atoms with Crippen LogP contribution in [0, 0.1) is 5.82 Å². The number of nitrogens with zero attached hydrogens (tertiary/aromatic N) is 2. The molecule has 0 atom stereocenters. The average Bonchev–Trinajstić information content (AvgIpc) is 2.96.